The van der Waals surface area contributed by atoms with E-state index in [2.05, 4.69) is 11.9 Å². The Kier molecular flexibility index (Phi) is 2.99. The highest BCUT2D eigenvalue weighted by molar-refractivity contribution is 5.68. The molecule has 2 rings (SSSR count). The van der Waals surface area contributed by atoms with Crippen molar-refractivity contribution in [2.75, 3.05) is 0 Å². The highest BCUT2D eigenvalue weighted by Crippen LogP contribution is 2.39. The van der Waals surface area contributed by atoms with Gasteiger partial charge in [-0.2, -0.15) is 0 Å². The summed E-state index contributed by atoms with van der Waals surface area (Å²) < 4.78 is 5.54. The van der Waals surface area contributed by atoms with Crippen LogP contribution in [0.15, 0.2) is 10.6 Å². The Morgan fingerprint density at radius 1 is 1.50 bits per heavy atom. The molecule has 0 bridgehead atoms. The lowest BCUT2D eigenvalue weighted by Crippen LogP contribution is -2.24. The summed E-state index contributed by atoms with van der Waals surface area (Å²) in [6.07, 6.45) is 7.49. The maximum Gasteiger partial charge on any atom is 0.312 e. The molecule has 0 amide bonds. The Morgan fingerprint density at radius 3 is 2.81 bits per heavy atom. The van der Waals surface area contributed by atoms with Gasteiger partial charge in [0.05, 0.1) is 6.20 Å². The summed E-state index contributed by atoms with van der Waals surface area (Å²) in [5.41, 5.74) is 0.0575. The Labute approximate surface area is 94.7 Å². The van der Waals surface area contributed by atoms with E-state index in [1.165, 1.54) is 19.3 Å². The molecule has 1 aromatic rings. The fourth-order valence-corrected chi connectivity index (χ4v) is 2.38. The van der Waals surface area contributed by atoms with Gasteiger partial charge in [-0.1, -0.05) is 26.2 Å². The number of carboxylic acid groups (broad SMARTS) is 1. The zero-order valence-electron chi connectivity index (χ0n) is 9.53. The van der Waals surface area contributed by atoms with Crippen molar-refractivity contribution >= 4 is 5.97 Å². The van der Waals surface area contributed by atoms with E-state index in [-0.39, 0.29) is 11.8 Å². The van der Waals surface area contributed by atoms with Crippen molar-refractivity contribution in [3.05, 3.63) is 17.8 Å². The molecule has 1 aromatic heterocycles. The van der Waals surface area contributed by atoms with Crippen LogP contribution < -0.4 is 0 Å². The van der Waals surface area contributed by atoms with Crippen molar-refractivity contribution in [2.24, 2.45) is 0 Å². The predicted octanol–water partition coefficient (Wildman–Crippen LogP) is 2.52. The van der Waals surface area contributed by atoms with Crippen LogP contribution in [0.4, 0.5) is 0 Å². The summed E-state index contributed by atoms with van der Waals surface area (Å²) >= 11 is 0. The van der Waals surface area contributed by atoms with Gasteiger partial charge in [0.15, 0.2) is 0 Å². The number of oxazole rings is 1. The SMILES string of the molecule is CC1(c2cnc(CC(=O)O)o2)CCCCC1. The second-order valence-corrected chi connectivity index (χ2v) is 4.81. The number of carbonyl (C=O) groups is 1. The van der Waals surface area contributed by atoms with E-state index in [1.54, 1.807) is 6.20 Å². The normalized spacial score (nSPS) is 19.6. The number of nitrogens with zero attached hydrogens (tertiary/aromatic N) is 1. The molecule has 0 aliphatic heterocycles. The number of rotatable bonds is 3. The molecule has 0 radical (unpaired) electrons. The highest BCUT2D eigenvalue weighted by atomic mass is 16.4. The topological polar surface area (TPSA) is 63.3 Å². The van der Waals surface area contributed by atoms with Crippen molar-refractivity contribution < 1.29 is 14.3 Å². The number of carboxylic acids is 1. The third-order valence-electron chi connectivity index (χ3n) is 3.41. The first-order valence-corrected chi connectivity index (χ1v) is 5.77. The van der Waals surface area contributed by atoms with Crippen molar-refractivity contribution in [1.29, 1.82) is 0 Å². The van der Waals surface area contributed by atoms with Gasteiger partial charge in [0, 0.05) is 5.41 Å². The molecule has 16 heavy (non-hydrogen) atoms. The highest BCUT2D eigenvalue weighted by Gasteiger charge is 2.32. The summed E-state index contributed by atoms with van der Waals surface area (Å²) in [7, 11) is 0. The van der Waals surface area contributed by atoms with Crippen LogP contribution in [0.25, 0.3) is 0 Å². The lowest BCUT2D eigenvalue weighted by molar-refractivity contribution is -0.136. The second-order valence-electron chi connectivity index (χ2n) is 4.81. The van der Waals surface area contributed by atoms with E-state index < -0.39 is 5.97 Å². The Balaban J connectivity index is 2.13. The zero-order chi connectivity index (χ0) is 11.6. The first kappa shape index (κ1) is 11.2. The van der Waals surface area contributed by atoms with E-state index in [0.717, 1.165) is 18.6 Å². The van der Waals surface area contributed by atoms with Crippen LogP contribution in [0, 0.1) is 0 Å². The lowest BCUT2D eigenvalue weighted by Gasteiger charge is -2.30. The standard InChI is InChI=1S/C12H17NO3/c1-12(5-3-2-4-6-12)9-8-13-10(16-9)7-11(14)15/h8H,2-7H2,1H3,(H,14,15). The molecule has 4 heteroatoms. The van der Waals surface area contributed by atoms with Crippen molar-refractivity contribution in [3.63, 3.8) is 0 Å². The molecule has 1 aliphatic carbocycles. The quantitative estimate of drug-likeness (QED) is 0.855. The minimum atomic E-state index is -0.901. The minimum Gasteiger partial charge on any atom is -0.481 e. The number of hydrogen-bond acceptors (Lipinski definition) is 3. The molecule has 0 spiro atoms. The van der Waals surface area contributed by atoms with Gasteiger partial charge >= 0.3 is 5.97 Å². The minimum absolute atomic E-state index is 0.0575. The first-order chi connectivity index (χ1) is 7.60. The molecular formula is C12H17NO3. The maximum atomic E-state index is 10.5. The predicted molar refractivity (Wildman–Crippen MR) is 58.3 cm³/mol. The van der Waals surface area contributed by atoms with Gasteiger partial charge in [-0.05, 0) is 12.8 Å². The first-order valence-electron chi connectivity index (χ1n) is 5.77. The second kappa shape index (κ2) is 4.28. The van der Waals surface area contributed by atoms with Crippen molar-refractivity contribution in [3.8, 4) is 0 Å². The van der Waals surface area contributed by atoms with E-state index in [0.29, 0.717) is 5.89 Å². The van der Waals surface area contributed by atoms with E-state index in [1.807, 2.05) is 0 Å². The van der Waals surface area contributed by atoms with Crippen LogP contribution in [-0.4, -0.2) is 16.1 Å². The zero-order valence-corrected chi connectivity index (χ0v) is 9.53. The van der Waals surface area contributed by atoms with Crippen LogP contribution in [0.5, 0.6) is 0 Å². The summed E-state index contributed by atoms with van der Waals surface area (Å²) in [5, 5.41) is 8.65. The van der Waals surface area contributed by atoms with Gasteiger partial charge in [0.25, 0.3) is 0 Å². The molecule has 88 valence electrons. The number of aliphatic carboxylic acids is 1. The fraction of sp³-hybridized carbons (Fsp3) is 0.667. The average Bonchev–Trinajstić information content (AvgIpc) is 2.67. The summed E-state index contributed by atoms with van der Waals surface area (Å²) in [6, 6.07) is 0. The smallest absolute Gasteiger partial charge is 0.312 e. The molecule has 4 nitrogen and oxygen atoms in total. The van der Waals surface area contributed by atoms with Crippen LogP contribution in [0.2, 0.25) is 0 Å². The summed E-state index contributed by atoms with van der Waals surface area (Å²) in [5.74, 6) is 0.264. The van der Waals surface area contributed by atoms with Crippen molar-refractivity contribution in [1.82, 2.24) is 4.98 Å². The van der Waals surface area contributed by atoms with Gasteiger partial charge in [0.2, 0.25) is 5.89 Å². The van der Waals surface area contributed by atoms with Crippen LogP contribution in [0.1, 0.15) is 50.7 Å². The Hall–Kier alpha value is -1.32. The third kappa shape index (κ3) is 2.26. The maximum absolute atomic E-state index is 10.5. The molecule has 1 N–H and O–H groups in total. The van der Waals surface area contributed by atoms with Gasteiger partial charge in [-0.15, -0.1) is 0 Å². The Morgan fingerprint density at radius 2 is 2.19 bits per heavy atom. The van der Waals surface area contributed by atoms with E-state index in [4.69, 9.17) is 9.52 Å². The van der Waals surface area contributed by atoms with Crippen molar-refractivity contribution in [2.45, 2.75) is 50.9 Å². The molecule has 0 unspecified atom stereocenters. The van der Waals surface area contributed by atoms with E-state index in [9.17, 15) is 4.79 Å². The van der Waals surface area contributed by atoms with Gasteiger partial charge < -0.3 is 9.52 Å². The van der Waals surface area contributed by atoms with Gasteiger partial charge in [-0.3, -0.25) is 4.79 Å². The van der Waals surface area contributed by atoms with Gasteiger partial charge in [-0.25, -0.2) is 4.98 Å². The summed E-state index contributed by atoms with van der Waals surface area (Å²) in [4.78, 5) is 14.6. The molecular weight excluding hydrogens is 206 g/mol. The van der Waals surface area contributed by atoms with Crippen LogP contribution in [-0.2, 0) is 16.6 Å². The molecule has 1 fully saturated rings. The Bertz CT molecular complexity index is 377. The molecule has 1 saturated carbocycles. The molecule has 0 aromatic carbocycles. The van der Waals surface area contributed by atoms with Crippen LogP contribution >= 0.6 is 0 Å². The fourth-order valence-electron chi connectivity index (χ4n) is 2.38. The third-order valence-corrected chi connectivity index (χ3v) is 3.41. The number of hydrogen-bond donors (Lipinski definition) is 1. The van der Waals surface area contributed by atoms with E-state index >= 15 is 0 Å². The average molecular weight is 223 g/mol. The van der Waals surface area contributed by atoms with Crippen LogP contribution in [0.3, 0.4) is 0 Å². The lowest BCUT2D eigenvalue weighted by atomic mass is 9.74. The molecule has 1 aliphatic rings. The monoisotopic (exact) mass is 223 g/mol. The molecule has 0 atom stereocenters. The molecule has 0 saturated heterocycles. The summed E-state index contributed by atoms with van der Waals surface area (Å²) in [6.45, 7) is 2.18. The largest absolute Gasteiger partial charge is 0.481 e. The number of aromatic nitrogens is 1. The molecule has 1 heterocycles. The van der Waals surface area contributed by atoms with Gasteiger partial charge in [0.1, 0.15) is 12.2 Å².